The summed E-state index contributed by atoms with van der Waals surface area (Å²) in [4.78, 5) is 32.0. The van der Waals surface area contributed by atoms with Crippen molar-refractivity contribution in [3.8, 4) is 28.4 Å². The van der Waals surface area contributed by atoms with E-state index in [1.807, 2.05) is 48.3 Å². The van der Waals surface area contributed by atoms with Gasteiger partial charge in [-0.2, -0.15) is 0 Å². The normalized spacial score (nSPS) is 14.0. The van der Waals surface area contributed by atoms with E-state index in [-0.39, 0.29) is 17.4 Å². The molecule has 0 radical (unpaired) electrons. The lowest BCUT2D eigenvalue weighted by Crippen LogP contribution is -2.27. The standard InChI is InChI=1S/C29H33N3O5/c1-18(33)31-23-11-9-19-16-26(35-3)28(36-4)29(37-5)27(19)21-10-12-24(25(34)17-22(21)23)32(2)15-13-20-8-6-7-14-30-20/h6-8,10,12,14,16-17,23H,9,11,13,15H2,1-5H3,(H,31,33). The molecular formula is C29H33N3O5. The van der Waals surface area contributed by atoms with Gasteiger partial charge in [0, 0.05) is 44.4 Å². The Bertz CT molecular complexity index is 1340. The number of methoxy groups -OCH3 is 3. The number of pyridine rings is 1. The van der Waals surface area contributed by atoms with Crippen molar-refractivity contribution in [2.24, 2.45) is 0 Å². The van der Waals surface area contributed by atoms with Gasteiger partial charge in [0.1, 0.15) is 0 Å². The van der Waals surface area contributed by atoms with Gasteiger partial charge in [0.05, 0.1) is 33.1 Å². The number of rotatable bonds is 8. The average molecular weight is 504 g/mol. The van der Waals surface area contributed by atoms with Crippen LogP contribution in [0.3, 0.4) is 0 Å². The second-order valence-corrected chi connectivity index (χ2v) is 9.06. The van der Waals surface area contributed by atoms with Crippen LogP contribution < -0.4 is 29.9 Å². The summed E-state index contributed by atoms with van der Waals surface area (Å²) in [5.41, 5.74) is 4.78. The summed E-state index contributed by atoms with van der Waals surface area (Å²) >= 11 is 0. The van der Waals surface area contributed by atoms with Gasteiger partial charge in [0.2, 0.25) is 17.1 Å². The summed E-state index contributed by atoms with van der Waals surface area (Å²) in [6.45, 7) is 2.11. The molecule has 0 saturated heterocycles. The third-order valence-corrected chi connectivity index (χ3v) is 6.73. The highest BCUT2D eigenvalue weighted by Gasteiger charge is 2.29. The van der Waals surface area contributed by atoms with Crippen molar-refractivity contribution in [2.45, 2.75) is 32.2 Å². The molecular weight excluding hydrogens is 470 g/mol. The maximum Gasteiger partial charge on any atom is 0.217 e. The van der Waals surface area contributed by atoms with Crippen molar-refractivity contribution < 1.29 is 19.0 Å². The quantitative estimate of drug-likeness (QED) is 0.498. The minimum Gasteiger partial charge on any atom is -0.493 e. The van der Waals surface area contributed by atoms with Crippen molar-refractivity contribution in [3.63, 3.8) is 0 Å². The number of likely N-dealkylation sites (N-methyl/N-ethyl adjacent to an activating group) is 1. The summed E-state index contributed by atoms with van der Waals surface area (Å²) in [7, 11) is 6.65. The number of nitrogens with one attached hydrogen (secondary N) is 1. The molecule has 194 valence electrons. The second-order valence-electron chi connectivity index (χ2n) is 9.06. The summed E-state index contributed by atoms with van der Waals surface area (Å²) < 4.78 is 17.1. The minimum atomic E-state index is -0.339. The van der Waals surface area contributed by atoms with E-state index in [4.69, 9.17) is 14.2 Å². The molecule has 0 fully saturated rings. The number of benzene rings is 1. The van der Waals surface area contributed by atoms with Crippen LogP contribution in [-0.2, 0) is 17.6 Å². The van der Waals surface area contributed by atoms with Crippen LogP contribution in [0.5, 0.6) is 17.2 Å². The van der Waals surface area contributed by atoms with Crippen LogP contribution >= 0.6 is 0 Å². The molecule has 2 aromatic carbocycles. The van der Waals surface area contributed by atoms with E-state index in [0.717, 1.165) is 27.9 Å². The first-order valence-corrected chi connectivity index (χ1v) is 12.3. The van der Waals surface area contributed by atoms with Crippen LogP contribution in [0.25, 0.3) is 11.1 Å². The smallest absolute Gasteiger partial charge is 0.217 e. The highest BCUT2D eigenvalue weighted by Crippen LogP contribution is 2.50. The Morgan fingerprint density at radius 1 is 1.08 bits per heavy atom. The van der Waals surface area contributed by atoms with E-state index in [1.54, 1.807) is 33.6 Å². The number of ether oxygens (including phenoxy) is 3. The third kappa shape index (κ3) is 5.38. The Morgan fingerprint density at radius 2 is 1.86 bits per heavy atom. The van der Waals surface area contributed by atoms with E-state index in [9.17, 15) is 9.59 Å². The molecule has 1 heterocycles. The summed E-state index contributed by atoms with van der Waals surface area (Å²) in [6, 6.07) is 12.9. The van der Waals surface area contributed by atoms with Gasteiger partial charge < -0.3 is 24.4 Å². The molecule has 8 nitrogen and oxygen atoms in total. The molecule has 1 N–H and O–H groups in total. The lowest BCUT2D eigenvalue weighted by atomic mass is 9.95. The molecule has 1 aliphatic carbocycles. The van der Waals surface area contributed by atoms with Gasteiger partial charge in [0.25, 0.3) is 0 Å². The molecule has 0 spiro atoms. The van der Waals surface area contributed by atoms with Gasteiger partial charge in [-0.05, 0) is 59.9 Å². The average Bonchev–Trinajstić information content (AvgIpc) is 3.15. The number of hydrogen-bond acceptors (Lipinski definition) is 7. The maximum absolute atomic E-state index is 13.5. The molecule has 37 heavy (non-hydrogen) atoms. The molecule has 1 atom stereocenters. The van der Waals surface area contributed by atoms with Crippen LogP contribution in [0.4, 0.5) is 5.69 Å². The lowest BCUT2D eigenvalue weighted by molar-refractivity contribution is -0.119. The van der Waals surface area contributed by atoms with Gasteiger partial charge in [-0.3, -0.25) is 14.6 Å². The highest BCUT2D eigenvalue weighted by atomic mass is 16.5. The van der Waals surface area contributed by atoms with Crippen molar-refractivity contribution >= 4 is 11.6 Å². The first kappa shape index (κ1) is 26.0. The SMILES string of the molecule is COc1cc2c(c(OC)c1OC)-c1ccc(N(C)CCc3ccccn3)c(=O)cc1C(NC(C)=O)CC2. The largest absolute Gasteiger partial charge is 0.493 e. The van der Waals surface area contributed by atoms with Crippen LogP contribution in [0, 0.1) is 0 Å². The Hall–Kier alpha value is -4.07. The predicted octanol–water partition coefficient (Wildman–Crippen LogP) is 3.94. The Morgan fingerprint density at radius 3 is 2.51 bits per heavy atom. The van der Waals surface area contributed by atoms with Gasteiger partial charge in [-0.15, -0.1) is 0 Å². The molecule has 0 aliphatic heterocycles. The number of aromatic nitrogens is 1. The van der Waals surface area contributed by atoms with Gasteiger partial charge >= 0.3 is 0 Å². The fraction of sp³-hybridized carbons (Fsp3) is 0.345. The van der Waals surface area contributed by atoms with E-state index >= 15 is 0 Å². The van der Waals surface area contributed by atoms with Crippen molar-refractivity contribution in [1.82, 2.24) is 10.3 Å². The number of anilines is 1. The summed E-state index contributed by atoms with van der Waals surface area (Å²) in [5.74, 6) is 1.42. The maximum atomic E-state index is 13.5. The van der Waals surface area contributed by atoms with Gasteiger partial charge in [-0.1, -0.05) is 12.1 Å². The van der Waals surface area contributed by atoms with Crippen molar-refractivity contribution in [3.05, 3.63) is 75.7 Å². The zero-order valence-electron chi connectivity index (χ0n) is 22.0. The first-order chi connectivity index (χ1) is 17.9. The Kier molecular flexibility index (Phi) is 7.96. The molecule has 1 amide bonds. The second kappa shape index (κ2) is 11.3. The molecule has 3 aromatic rings. The third-order valence-electron chi connectivity index (χ3n) is 6.73. The highest BCUT2D eigenvalue weighted by molar-refractivity contribution is 5.83. The van der Waals surface area contributed by atoms with Crippen LogP contribution in [0.15, 0.2) is 53.5 Å². The van der Waals surface area contributed by atoms with E-state index in [2.05, 4.69) is 10.3 Å². The van der Waals surface area contributed by atoms with Crippen LogP contribution in [-0.4, -0.2) is 45.8 Å². The topological polar surface area (TPSA) is 90.0 Å². The van der Waals surface area contributed by atoms with E-state index in [1.165, 1.54) is 6.92 Å². The van der Waals surface area contributed by atoms with Gasteiger partial charge in [0.15, 0.2) is 11.5 Å². The molecule has 4 rings (SSSR count). The number of aryl methyl sites for hydroxylation is 1. The zero-order chi connectivity index (χ0) is 26.5. The van der Waals surface area contributed by atoms with E-state index in [0.29, 0.717) is 48.7 Å². The Balaban J connectivity index is 1.88. The fourth-order valence-electron chi connectivity index (χ4n) is 4.96. The van der Waals surface area contributed by atoms with E-state index < -0.39 is 0 Å². The molecule has 0 saturated carbocycles. The number of hydrogen-bond donors (Lipinski definition) is 1. The lowest BCUT2D eigenvalue weighted by Gasteiger charge is -2.19. The van der Waals surface area contributed by atoms with Crippen LogP contribution in [0.2, 0.25) is 0 Å². The van der Waals surface area contributed by atoms with Crippen molar-refractivity contribution in [1.29, 1.82) is 0 Å². The number of carbonyl (C=O) groups is 1. The molecule has 1 unspecified atom stereocenters. The monoisotopic (exact) mass is 503 g/mol. The first-order valence-electron chi connectivity index (χ1n) is 12.3. The minimum absolute atomic E-state index is 0.122. The number of amides is 1. The predicted molar refractivity (Wildman–Crippen MR) is 144 cm³/mol. The fourth-order valence-corrected chi connectivity index (χ4v) is 4.96. The number of fused-ring (bicyclic) bond motifs is 3. The van der Waals surface area contributed by atoms with Crippen LogP contribution in [0.1, 0.15) is 36.2 Å². The van der Waals surface area contributed by atoms with Crippen molar-refractivity contribution in [2.75, 3.05) is 39.8 Å². The Labute approximate surface area is 217 Å². The number of carbonyl (C=O) groups excluding carboxylic acids is 1. The zero-order valence-corrected chi connectivity index (χ0v) is 22.0. The summed E-state index contributed by atoms with van der Waals surface area (Å²) in [6.07, 6.45) is 3.74. The number of nitrogens with zero attached hydrogens (tertiary/aromatic N) is 2. The summed E-state index contributed by atoms with van der Waals surface area (Å²) in [5, 5.41) is 3.04. The molecule has 1 aliphatic rings. The molecule has 0 bridgehead atoms. The molecule has 1 aromatic heterocycles. The molecule has 8 heteroatoms. The van der Waals surface area contributed by atoms with Gasteiger partial charge in [-0.25, -0.2) is 0 Å².